The number of hydrogen-bond donors (Lipinski definition) is 6. The number of halogens is 2. The van der Waals surface area contributed by atoms with Crippen molar-refractivity contribution in [1.29, 1.82) is 5.41 Å². The second-order valence-electron chi connectivity index (χ2n) is 11.5. The second kappa shape index (κ2) is 15.5. The van der Waals surface area contributed by atoms with Gasteiger partial charge in [-0.3, -0.25) is 9.98 Å². The minimum atomic E-state index is -0.524. The van der Waals surface area contributed by atoms with Gasteiger partial charge in [0.15, 0.2) is 11.8 Å². The van der Waals surface area contributed by atoms with Crippen molar-refractivity contribution in [2.45, 2.75) is 64.1 Å². The third-order valence-electron chi connectivity index (χ3n) is 7.82. The Morgan fingerprint density at radius 3 is 2.67 bits per heavy atom. The highest BCUT2D eigenvalue weighted by Crippen LogP contribution is 2.31. The molecule has 0 fully saturated rings. The Balaban J connectivity index is 1.29. The number of hydrogen-bond acceptors (Lipinski definition) is 7. The van der Waals surface area contributed by atoms with Crippen molar-refractivity contribution in [2.24, 2.45) is 11.5 Å². The molecule has 0 bridgehead atoms. The lowest BCUT2D eigenvalue weighted by molar-refractivity contribution is 0.449. The van der Waals surface area contributed by atoms with Gasteiger partial charge in [0.2, 0.25) is 0 Å². The van der Waals surface area contributed by atoms with Crippen LogP contribution in [-0.2, 0) is 19.4 Å². The maximum atomic E-state index is 15.1. The highest BCUT2D eigenvalue weighted by Gasteiger charge is 2.16. The van der Waals surface area contributed by atoms with Crippen LogP contribution in [0, 0.1) is 11.2 Å². The molecular weight excluding hydrogens is 625 g/mol. The van der Waals surface area contributed by atoms with E-state index in [0.717, 1.165) is 54.7 Å². The van der Waals surface area contributed by atoms with Crippen LogP contribution >= 0.6 is 22.9 Å². The van der Waals surface area contributed by atoms with Crippen LogP contribution in [0.5, 0.6) is 0 Å². The van der Waals surface area contributed by atoms with Crippen molar-refractivity contribution in [3.8, 4) is 16.9 Å². The lowest BCUT2D eigenvalue weighted by Crippen LogP contribution is -2.36. The van der Waals surface area contributed by atoms with Crippen molar-refractivity contribution in [3.63, 3.8) is 0 Å². The summed E-state index contributed by atoms with van der Waals surface area (Å²) in [7, 11) is 0. The van der Waals surface area contributed by atoms with Crippen molar-refractivity contribution < 1.29 is 4.39 Å². The van der Waals surface area contributed by atoms with Crippen molar-refractivity contribution in [1.82, 2.24) is 30.2 Å². The van der Waals surface area contributed by atoms with Gasteiger partial charge < -0.3 is 27.1 Å². The van der Waals surface area contributed by atoms with E-state index in [2.05, 4.69) is 25.6 Å². The lowest BCUT2D eigenvalue weighted by Gasteiger charge is -2.19. The first-order valence-electron chi connectivity index (χ1n) is 15.3. The van der Waals surface area contributed by atoms with Crippen LogP contribution in [0.25, 0.3) is 28.0 Å². The molecule has 2 aromatic carbocycles. The first-order chi connectivity index (χ1) is 22.2. The van der Waals surface area contributed by atoms with E-state index in [-0.39, 0.29) is 23.1 Å². The maximum absolute atomic E-state index is 15.1. The fourth-order valence-corrected chi connectivity index (χ4v) is 6.26. The minimum Gasteiger partial charge on any atom is -0.370 e. The van der Waals surface area contributed by atoms with Crippen LogP contribution in [0.1, 0.15) is 48.7 Å². The topological polar surface area (TPSA) is 164 Å². The Morgan fingerprint density at radius 1 is 1.15 bits per heavy atom. The number of guanidine groups is 1. The maximum Gasteiger partial charge on any atom is 0.354 e. The average Bonchev–Trinajstić information content (AvgIpc) is 3.69. The monoisotopic (exact) mass is 663 g/mol. The summed E-state index contributed by atoms with van der Waals surface area (Å²) < 4.78 is 16.6. The van der Waals surface area contributed by atoms with E-state index in [4.69, 9.17) is 28.5 Å². The zero-order valence-electron chi connectivity index (χ0n) is 25.7. The molecule has 0 radical (unpaired) electrons. The first kappa shape index (κ1) is 33.3. The van der Waals surface area contributed by atoms with Gasteiger partial charge in [0.25, 0.3) is 0 Å². The Morgan fingerprint density at radius 2 is 1.96 bits per heavy atom. The molecule has 3 heterocycles. The van der Waals surface area contributed by atoms with Crippen LogP contribution in [0.3, 0.4) is 0 Å². The number of aromatic nitrogens is 4. The molecule has 13 heteroatoms. The van der Waals surface area contributed by atoms with Gasteiger partial charge >= 0.3 is 5.69 Å². The normalized spacial score (nSPS) is 12.8. The molecule has 10 nitrogen and oxygen atoms in total. The zero-order valence-corrected chi connectivity index (χ0v) is 27.2. The van der Waals surface area contributed by atoms with E-state index in [9.17, 15) is 4.79 Å². The Bertz CT molecular complexity index is 1820. The summed E-state index contributed by atoms with van der Waals surface area (Å²) in [5.74, 6) is -0.563. The fraction of sp³-hybridized carbons (Fsp3) is 0.333. The summed E-state index contributed by atoms with van der Waals surface area (Å²) in [5.41, 5.74) is 14.7. The molecular formula is C33H39ClFN9OS. The second-order valence-corrected chi connectivity index (χ2v) is 12.9. The number of rotatable bonds is 15. The predicted molar refractivity (Wildman–Crippen MR) is 184 cm³/mol. The molecule has 8 N–H and O–H groups in total. The number of nitrogens with zero attached hydrogens (tertiary/aromatic N) is 3. The number of nitrogens with one attached hydrogen (secondary N) is 4. The number of fused-ring (bicyclic) bond motifs is 1. The molecule has 0 aliphatic heterocycles. The summed E-state index contributed by atoms with van der Waals surface area (Å²) in [6.45, 7) is 3.20. The summed E-state index contributed by atoms with van der Waals surface area (Å²) >= 11 is 7.90. The number of nitrogens with two attached hydrogens (primary N) is 2. The Labute approximate surface area is 275 Å². The third kappa shape index (κ3) is 8.79. The fourth-order valence-electron chi connectivity index (χ4n) is 5.38. The number of thiazole rings is 1. The molecule has 46 heavy (non-hydrogen) atoms. The van der Waals surface area contributed by atoms with Gasteiger partial charge in [-0.2, -0.15) is 4.98 Å². The number of aromatic amines is 1. The van der Waals surface area contributed by atoms with E-state index >= 15 is 4.39 Å². The Kier molecular flexibility index (Phi) is 11.2. The average molecular weight is 664 g/mol. The standard InChI is InChI=1S/C33H39ClFN9OS/c1-20(36)3-2-4-22-15-26(30(35)27(34)16-22)28-17-23-19-44(33(45)43-31(23)42-28)25-8-5-21(6-9-25)18-41-24(11-12-40-32(37)38)7-10-29-39-13-14-46-29/h5-6,8-9,13-17,19-20,24,41H,2-4,7,10-12,18,36H2,1H3,(H4,37,38,40)(H,42,43,45)/t20-,24-/m0/s1. The van der Waals surface area contributed by atoms with Crippen LogP contribution in [0.15, 0.2) is 65.0 Å². The van der Waals surface area contributed by atoms with E-state index in [1.54, 1.807) is 35.7 Å². The SMILES string of the molecule is C[C@H](N)CCCc1cc(Cl)c(F)c(-c2cc3cn(-c4ccc(CN[C@H](CCNC(=N)N)CCc5nccs5)cc4)c(=O)nc3[nH]2)c1. The van der Waals surface area contributed by atoms with Crippen LogP contribution < -0.4 is 27.8 Å². The molecule has 0 amide bonds. The van der Waals surface area contributed by atoms with Crippen molar-refractivity contribution in [2.75, 3.05) is 6.54 Å². The van der Waals surface area contributed by atoms with Crippen LogP contribution in [0.2, 0.25) is 5.02 Å². The van der Waals surface area contributed by atoms with Crippen LogP contribution in [-0.4, -0.2) is 44.1 Å². The van der Waals surface area contributed by atoms with Crippen LogP contribution in [0.4, 0.5) is 4.39 Å². The molecule has 0 saturated heterocycles. The molecule has 0 spiro atoms. The zero-order chi connectivity index (χ0) is 32.6. The third-order valence-corrected chi connectivity index (χ3v) is 8.93. The van der Waals surface area contributed by atoms with Gasteiger partial charge in [-0.25, -0.2) is 14.2 Å². The van der Waals surface area contributed by atoms with Gasteiger partial charge in [-0.05, 0) is 80.5 Å². The van der Waals surface area contributed by atoms with Gasteiger partial charge in [0, 0.05) is 60.3 Å². The Hall–Kier alpha value is -4.10. The summed E-state index contributed by atoms with van der Waals surface area (Å²) in [6, 6.07) is 13.2. The highest BCUT2D eigenvalue weighted by molar-refractivity contribution is 7.09. The molecule has 3 aromatic heterocycles. The highest BCUT2D eigenvalue weighted by atomic mass is 35.5. The van der Waals surface area contributed by atoms with Gasteiger partial charge in [-0.1, -0.05) is 23.7 Å². The van der Waals surface area contributed by atoms with Gasteiger partial charge in [-0.15, -0.1) is 11.3 Å². The van der Waals surface area contributed by atoms with E-state index < -0.39 is 11.5 Å². The van der Waals surface area contributed by atoms with E-state index in [1.165, 1.54) is 4.57 Å². The molecule has 0 saturated carbocycles. The molecule has 0 aliphatic carbocycles. The van der Waals surface area contributed by atoms with Gasteiger partial charge in [0.05, 0.1) is 21.4 Å². The summed E-state index contributed by atoms with van der Waals surface area (Å²) in [5, 5.41) is 17.7. The number of benzene rings is 2. The smallest absolute Gasteiger partial charge is 0.354 e. The molecule has 0 aliphatic rings. The van der Waals surface area contributed by atoms with E-state index in [0.29, 0.717) is 41.1 Å². The van der Waals surface area contributed by atoms with Crippen molar-refractivity contribution in [3.05, 3.63) is 97.7 Å². The van der Waals surface area contributed by atoms with Gasteiger partial charge in [0.1, 0.15) is 5.65 Å². The summed E-state index contributed by atoms with van der Waals surface area (Å²) in [6.07, 6.45) is 8.56. The predicted octanol–water partition coefficient (Wildman–Crippen LogP) is 5.26. The molecule has 242 valence electrons. The molecule has 5 aromatic rings. The number of aryl methyl sites for hydroxylation is 2. The van der Waals surface area contributed by atoms with E-state index in [1.807, 2.05) is 42.8 Å². The first-order valence-corrected chi connectivity index (χ1v) is 16.6. The largest absolute Gasteiger partial charge is 0.370 e. The molecule has 0 unspecified atom stereocenters. The quantitative estimate of drug-likeness (QED) is 0.0657. The summed E-state index contributed by atoms with van der Waals surface area (Å²) in [4.78, 5) is 24.7. The molecule has 2 atom stereocenters. The number of H-pyrrole nitrogens is 1. The lowest BCUT2D eigenvalue weighted by atomic mass is 10.0. The molecule has 5 rings (SSSR count). The minimum absolute atomic E-state index is 0.0393. The van der Waals surface area contributed by atoms with Crippen molar-refractivity contribution >= 4 is 39.9 Å².